The summed E-state index contributed by atoms with van der Waals surface area (Å²) in [7, 11) is 1.87. The maximum atomic E-state index is 11.7. The standard InChI is InChI=1S/C23H30N2O2/c1-27-23(15-5-2-4-13(8-15)22(24)26)16-6-3-7-17(23)12-25(11-16)10-14-9-18-20-19(14)21(18)20/h2,4-5,8,14,16-21H,3,6-7,9-12H2,1H3,(H2,24,26)/t14-,16?,17?,18?,19?,20+,21?,23?/m1/s1. The fraction of sp³-hybridized carbons (Fsp3) is 0.696. The first-order valence-corrected chi connectivity index (χ1v) is 10.8. The number of ether oxygens (including phenoxy) is 1. The monoisotopic (exact) mass is 366 g/mol. The zero-order valence-corrected chi connectivity index (χ0v) is 16.1. The van der Waals surface area contributed by atoms with Crippen LogP contribution in [0.1, 0.15) is 41.6 Å². The highest BCUT2D eigenvalue weighted by molar-refractivity contribution is 5.92. The van der Waals surface area contributed by atoms with Gasteiger partial charge >= 0.3 is 0 Å². The first-order chi connectivity index (χ1) is 13.1. The number of fused-ring (bicyclic) bond motifs is 3. The number of hydrogen-bond acceptors (Lipinski definition) is 3. The predicted molar refractivity (Wildman–Crippen MR) is 103 cm³/mol. The van der Waals surface area contributed by atoms with Gasteiger partial charge in [-0.25, -0.2) is 0 Å². The molecule has 1 amide bonds. The number of primary amides is 1. The number of carbonyl (C=O) groups is 1. The highest BCUT2D eigenvalue weighted by Crippen LogP contribution is 2.83. The van der Waals surface area contributed by atoms with Crippen LogP contribution in [-0.2, 0) is 10.3 Å². The van der Waals surface area contributed by atoms with Gasteiger partial charge in [-0.15, -0.1) is 0 Å². The van der Waals surface area contributed by atoms with E-state index in [1.54, 1.807) is 0 Å². The first-order valence-electron chi connectivity index (χ1n) is 10.8. The lowest BCUT2D eigenvalue weighted by atomic mass is 9.62. The van der Waals surface area contributed by atoms with Crippen molar-refractivity contribution >= 4 is 5.91 Å². The van der Waals surface area contributed by atoms with Gasteiger partial charge in [-0.05, 0) is 66.5 Å². The molecule has 5 saturated carbocycles. The molecule has 6 aliphatic rings. The molecule has 5 aliphatic carbocycles. The Bertz CT molecular complexity index is 762. The maximum absolute atomic E-state index is 11.7. The largest absolute Gasteiger partial charge is 0.373 e. The quantitative estimate of drug-likeness (QED) is 0.872. The minimum atomic E-state index is -0.353. The van der Waals surface area contributed by atoms with E-state index in [1.165, 1.54) is 32.2 Å². The van der Waals surface area contributed by atoms with Gasteiger partial charge in [-0.2, -0.15) is 0 Å². The summed E-state index contributed by atoms with van der Waals surface area (Å²) in [5.41, 5.74) is 7.05. The highest BCUT2D eigenvalue weighted by Gasteiger charge is 2.79. The Morgan fingerprint density at radius 3 is 2.56 bits per heavy atom. The minimum Gasteiger partial charge on any atom is -0.373 e. The number of piperidine rings is 1. The number of methoxy groups -OCH3 is 1. The van der Waals surface area contributed by atoms with Crippen LogP contribution in [-0.4, -0.2) is 37.6 Å². The van der Waals surface area contributed by atoms with Gasteiger partial charge in [0.1, 0.15) is 5.60 Å². The third-order valence-electron chi connectivity index (χ3n) is 8.86. The molecule has 5 unspecified atom stereocenters. The molecule has 1 aromatic carbocycles. The molecule has 0 radical (unpaired) electrons. The second kappa shape index (κ2) is 5.57. The van der Waals surface area contributed by atoms with Crippen molar-refractivity contribution in [3.63, 3.8) is 0 Å². The summed E-state index contributed by atoms with van der Waals surface area (Å²) in [6.45, 7) is 3.57. The molecular formula is C23H30N2O2. The van der Waals surface area contributed by atoms with E-state index in [2.05, 4.69) is 11.0 Å². The number of benzene rings is 1. The van der Waals surface area contributed by atoms with Crippen molar-refractivity contribution in [3.8, 4) is 0 Å². The number of nitrogens with zero attached hydrogens (tertiary/aromatic N) is 1. The van der Waals surface area contributed by atoms with E-state index in [9.17, 15) is 4.79 Å². The van der Waals surface area contributed by atoms with Crippen LogP contribution in [0, 0.1) is 41.4 Å². The van der Waals surface area contributed by atoms with Crippen LogP contribution in [0.25, 0.3) is 0 Å². The van der Waals surface area contributed by atoms with E-state index in [4.69, 9.17) is 10.5 Å². The second-order valence-corrected chi connectivity index (χ2v) is 9.88. The van der Waals surface area contributed by atoms with Gasteiger partial charge in [-0.1, -0.05) is 18.6 Å². The summed E-state index contributed by atoms with van der Waals surface area (Å²) in [6.07, 6.45) is 5.22. The smallest absolute Gasteiger partial charge is 0.248 e. The number of likely N-dealkylation sites (tertiary alicyclic amines) is 1. The number of hydrogen-bond donors (Lipinski definition) is 1. The van der Waals surface area contributed by atoms with Crippen LogP contribution in [0.15, 0.2) is 24.3 Å². The summed E-state index contributed by atoms with van der Waals surface area (Å²) >= 11 is 0. The van der Waals surface area contributed by atoms with Crippen molar-refractivity contribution in [1.82, 2.24) is 4.90 Å². The summed E-state index contributed by atoms with van der Waals surface area (Å²) in [5.74, 6) is 6.13. The van der Waals surface area contributed by atoms with Crippen LogP contribution in [0.4, 0.5) is 0 Å². The Labute approximate surface area is 161 Å². The number of carbonyl (C=O) groups excluding carboxylic acids is 1. The molecule has 27 heavy (non-hydrogen) atoms. The van der Waals surface area contributed by atoms with Gasteiger partial charge in [-0.3, -0.25) is 4.79 Å². The van der Waals surface area contributed by atoms with Crippen LogP contribution in [0.2, 0.25) is 0 Å². The zero-order valence-electron chi connectivity index (χ0n) is 16.1. The lowest BCUT2D eigenvalue weighted by Crippen LogP contribution is -2.59. The summed E-state index contributed by atoms with van der Waals surface area (Å²) in [6, 6.07) is 7.91. The Morgan fingerprint density at radius 1 is 1.22 bits per heavy atom. The lowest BCUT2D eigenvalue weighted by molar-refractivity contribution is -0.170. The Kier molecular flexibility index (Phi) is 3.42. The normalized spacial score (nSPS) is 46.8. The third kappa shape index (κ3) is 2.20. The minimum absolute atomic E-state index is 0.261. The van der Waals surface area contributed by atoms with E-state index in [0.29, 0.717) is 17.4 Å². The van der Waals surface area contributed by atoms with Crippen LogP contribution >= 0.6 is 0 Å². The van der Waals surface area contributed by atoms with Crippen LogP contribution in [0.3, 0.4) is 0 Å². The second-order valence-electron chi connectivity index (χ2n) is 9.88. The van der Waals surface area contributed by atoms with Gasteiger partial charge in [0.05, 0.1) is 0 Å². The Balaban J connectivity index is 1.28. The molecule has 2 N–H and O–H groups in total. The van der Waals surface area contributed by atoms with Gasteiger partial charge in [0.15, 0.2) is 0 Å². The molecule has 1 aromatic rings. The maximum Gasteiger partial charge on any atom is 0.248 e. The van der Waals surface area contributed by atoms with Gasteiger partial charge in [0.25, 0.3) is 0 Å². The van der Waals surface area contributed by atoms with Crippen molar-refractivity contribution in [1.29, 1.82) is 0 Å². The van der Waals surface area contributed by atoms with Crippen molar-refractivity contribution in [2.24, 2.45) is 47.2 Å². The van der Waals surface area contributed by atoms with E-state index in [0.717, 1.165) is 48.2 Å². The topological polar surface area (TPSA) is 55.6 Å². The Morgan fingerprint density at radius 2 is 1.96 bits per heavy atom. The van der Waals surface area contributed by atoms with E-state index >= 15 is 0 Å². The molecule has 144 valence electrons. The third-order valence-corrected chi connectivity index (χ3v) is 8.86. The molecule has 1 saturated heterocycles. The Hall–Kier alpha value is -1.39. The van der Waals surface area contributed by atoms with E-state index in [-0.39, 0.29) is 11.5 Å². The summed E-state index contributed by atoms with van der Waals surface area (Å²) < 4.78 is 6.34. The van der Waals surface area contributed by atoms with Crippen LogP contribution < -0.4 is 5.73 Å². The SMILES string of the molecule is COC1(c2cccc(C(N)=O)c2)C2CCCC1CN(C[C@H]1CC3C4C1[C@H]34)C2. The molecular weight excluding hydrogens is 336 g/mol. The molecule has 0 aromatic heterocycles. The van der Waals surface area contributed by atoms with E-state index in [1.807, 2.05) is 25.3 Å². The molecule has 1 aliphatic heterocycles. The van der Waals surface area contributed by atoms with Gasteiger partial charge < -0.3 is 15.4 Å². The van der Waals surface area contributed by atoms with Crippen LogP contribution in [0.5, 0.6) is 0 Å². The van der Waals surface area contributed by atoms with Crippen molar-refractivity contribution in [2.75, 3.05) is 26.7 Å². The molecule has 4 bridgehead atoms. The molecule has 4 nitrogen and oxygen atoms in total. The number of rotatable bonds is 5. The molecule has 0 spiro atoms. The average Bonchev–Trinajstić information content (AvgIpc) is 3.49. The van der Waals surface area contributed by atoms with E-state index < -0.39 is 0 Å². The molecule has 6 fully saturated rings. The van der Waals surface area contributed by atoms with Crippen molar-refractivity contribution in [3.05, 3.63) is 35.4 Å². The zero-order chi connectivity index (χ0) is 18.3. The molecule has 7 rings (SSSR count). The number of amides is 1. The molecule has 7 atom stereocenters. The fourth-order valence-electron chi connectivity index (χ4n) is 7.73. The summed E-state index contributed by atoms with van der Waals surface area (Å²) in [4.78, 5) is 14.5. The number of nitrogens with two attached hydrogens (primary N) is 1. The molecule has 4 heteroatoms. The van der Waals surface area contributed by atoms with Gasteiger partial charge in [0, 0.05) is 44.1 Å². The van der Waals surface area contributed by atoms with Crippen molar-refractivity contribution in [2.45, 2.75) is 31.3 Å². The highest BCUT2D eigenvalue weighted by atomic mass is 16.5. The average molecular weight is 367 g/mol. The molecule has 1 heterocycles. The summed E-state index contributed by atoms with van der Waals surface area (Å²) in [5, 5.41) is 0. The first kappa shape index (κ1) is 16.6. The van der Waals surface area contributed by atoms with Crippen molar-refractivity contribution < 1.29 is 9.53 Å². The predicted octanol–water partition coefficient (Wildman–Crippen LogP) is 2.87. The lowest BCUT2D eigenvalue weighted by Gasteiger charge is -2.55. The van der Waals surface area contributed by atoms with Gasteiger partial charge in [0.2, 0.25) is 5.91 Å². The fourth-order valence-corrected chi connectivity index (χ4v) is 7.73.